The van der Waals surface area contributed by atoms with E-state index in [-0.39, 0.29) is 0 Å². The number of ether oxygens (including phenoxy) is 1. The van der Waals surface area contributed by atoms with Crippen LogP contribution in [0.25, 0.3) is 0 Å². The number of nitrogens with zero attached hydrogens (tertiary/aromatic N) is 1. The van der Waals surface area contributed by atoms with Gasteiger partial charge in [0, 0.05) is 26.1 Å². The molecular formula is C14H26N2O2. The van der Waals surface area contributed by atoms with Gasteiger partial charge in [-0.2, -0.15) is 0 Å². The normalized spacial score (nSPS) is 11.0. The second-order valence-electron chi connectivity index (χ2n) is 4.37. The fraction of sp³-hybridized carbons (Fsp3) is 0.786. The molecule has 18 heavy (non-hydrogen) atoms. The molecule has 0 saturated heterocycles. The van der Waals surface area contributed by atoms with Gasteiger partial charge >= 0.3 is 0 Å². The molecule has 1 aromatic rings. The van der Waals surface area contributed by atoms with Gasteiger partial charge in [-0.1, -0.05) is 6.92 Å². The molecule has 0 saturated carbocycles. The molecule has 1 N–H and O–H groups in total. The first-order valence-electron chi connectivity index (χ1n) is 7.08. The molecule has 4 heteroatoms. The highest BCUT2D eigenvalue weighted by atomic mass is 16.5. The minimum Gasteiger partial charge on any atom is -0.446 e. The van der Waals surface area contributed by atoms with Crippen LogP contribution in [0.3, 0.4) is 0 Å². The number of aryl methyl sites for hydroxylation is 2. The number of oxazole rings is 1. The summed E-state index contributed by atoms with van der Waals surface area (Å²) in [5, 5.41) is 3.37. The van der Waals surface area contributed by atoms with Crippen LogP contribution in [0.1, 0.15) is 44.8 Å². The van der Waals surface area contributed by atoms with Crippen LogP contribution in [-0.2, 0) is 17.6 Å². The second kappa shape index (κ2) is 10.1. The molecule has 0 unspecified atom stereocenters. The van der Waals surface area contributed by atoms with Crippen LogP contribution in [0, 0.1) is 0 Å². The summed E-state index contributed by atoms with van der Waals surface area (Å²) in [6.07, 6.45) is 6.95. The second-order valence-corrected chi connectivity index (χ2v) is 4.37. The van der Waals surface area contributed by atoms with Crippen LogP contribution >= 0.6 is 0 Å². The van der Waals surface area contributed by atoms with E-state index in [1.807, 2.05) is 13.1 Å². The first-order valence-corrected chi connectivity index (χ1v) is 7.08. The average molecular weight is 254 g/mol. The maximum atomic E-state index is 5.68. The summed E-state index contributed by atoms with van der Waals surface area (Å²) < 4.78 is 11.0. The molecule has 0 fully saturated rings. The van der Waals surface area contributed by atoms with Crippen LogP contribution in [0.5, 0.6) is 0 Å². The van der Waals surface area contributed by atoms with Crippen molar-refractivity contribution in [2.75, 3.05) is 26.3 Å². The number of rotatable bonds is 11. The van der Waals surface area contributed by atoms with Gasteiger partial charge in [0.05, 0.1) is 6.20 Å². The predicted molar refractivity (Wildman–Crippen MR) is 72.8 cm³/mol. The predicted octanol–water partition coefficient (Wildman–Crippen LogP) is 2.58. The third kappa shape index (κ3) is 6.77. The highest BCUT2D eigenvalue weighted by molar-refractivity contribution is 4.94. The van der Waals surface area contributed by atoms with Crippen LogP contribution < -0.4 is 5.32 Å². The van der Waals surface area contributed by atoms with Crippen molar-refractivity contribution in [3.05, 3.63) is 17.8 Å². The largest absolute Gasteiger partial charge is 0.446 e. The maximum Gasteiger partial charge on any atom is 0.194 e. The van der Waals surface area contributed by atoms with E-state index >= 15 is 0 Å². The Labute approximate surface area is 110 Å². The summed E-state index contributed by atoms with van der Waals surface area (Å²) in [7, 11) is 0. The number of hydrogen-bond acceptors (Lipinski definition) is 4. The SMILES string of the molecule is CCCNCCCc1ncc(CCCOCC)o1. The standard InChI is InChI=1S/C14H26N2O2/c1-3-9-15-10-5-8-14-16-12-13(18-14)7-6-11-17-4-2/h12,15H,3-11H2,1-2H3. The first kappa shape index (κ1) is 15.2. The molecule has 0 aliphatic rings. The van der Waals surface area contributed by atoms with E-state index < -0.39 is 0 Å². The van der Waals surface area contributed by atoms with E-state index in [0.717, 1.165) is 63.6 Å². The Morgan fingerprint density at radius 1 is 1.22 bits per heavy atom. The Kier molecular flexibility index (Phi) is 8.51. The van der Waals surface area contributed by atoms with E-state index in [1.54, 1.807) is 0 Å². The zero-order valence-electron chi connectivity index (χ0n) is 11.7. The molecule has 0 bridgehead atoms. The fourth-order valence-electron chi connectivity index (χ4n) is 1.74. The Hall–Kier alpha value is -0.870. The number of nitrogens with one attached hydrogen (secondary N) is 1. The number of hydrogen-bond donors (Lipinski definition) is 1. The molecular weight excluding hydrogens is 228 g/mol. The highest BCUT2D eigenvalue weighted by Gasteiger charge is 2.03. The molecule has 0 aromatic carbocycles. The molecule has 0 atom stereocenters. The zero-order chi connectivity index (χ0) is 13.1. The van der Waals surface area contributed by atoms with E-state index in [9.17, 15) is 0 Å². The lowest BCUT2D eigenvalue weighted by Gasteiger charge is -2.00. The third-order valence-electron chi connectivity index (χ3n) is 2.69. The van der Waals surface area contributed by atoms with Crippen molar-refractivity contribution >= 4 is 0 Å². The summed E-state index contributed by atoms with van der Waals surface area (Å²) in [5.74, 6) is 1.84. The van der Waals surface area contributed by atoms with E-state index in [2.05, 4.69) is 17.2 Å². The molecule has 1 heterocycles. The molecule has 0 amide bonds. The van der Waals surface area contributed by atoms with Crippen LogP contribution in [0.15, 0.2) is 10.6 Å². The van der Waals surface area contributed by atoms with Gasteiger partial charge in [-0.25, -0.2) is 4.98 Å². The lowest BCUT2D eigenvalue weighted by molar-refractivity contribution is 0.144. The average Bonchev–Trinajstić information content (AvgIpc) is 2.82. The van der Waals surface area contributed by atoms with Gasteiger partial charge < -0.3 is 14.5 Å². The van der Waals surface area contributed by atoms with Gasteiger partial charge in [-0.05, 0) is 39.3 Å². The quantitative estimate of drug-likeness (QED) is 0.617. The van der Waals surface area contributed by atoms with E-state index in [0.29, 0.717) is 0 Å². The minimum absolute atomic E-state index is 0.784. The Balaban J connectivity index is 2.10. The topological polar surface area (TPSA) is 47.3 Å². The van der Waals surface area contributed by atoms with Crippen LogP contribution in [0.2, 0.25) is 0 Å². The Morgan fingerprint density at radius 2 is 2.11 bits per heavy atom. The summed E-state index contributed by atoms with van der Waals surface area (Å²) in [6.45, 7) is 7.90. The Morgan fingerprint density at radius 3 is 2.89 bits per heavy atom. The number of aromatic nitrogens is 1. The van der Waals surface area contributed by atoms with Crippen molar-refractivity contribution in [1.82, 2.24) is 10.3 Å². The molecule has 1 rings (SSSR count). The van der Waals surface area contributed by atoms with Crippen molar-refractivity contribution in [1.29, 1.82) is 0 Å². The smallest absolute Gasteiger partial charge is 0.194 e. The Bertz CT molecular complexity index is 300. The lowest BCUT2D eigenvalue weighted by atomic mass is 10.3. The van der Waals surface area contributed by atoms with Gasteiger partial charge in [0.25, 0.3) is 0 Å². The van der Waals surface area contributed by atoms with Gasteiger partial charge in [-0.3, -0.25) is 0 Å². The lowest BCUT2D eigenvalue weighted by Crippen LogP contribution is -2.16. The summed E-state index contributed by atoms with van der Waals surface area (Å²) in [5.41, 5.74) is 0. The van der Waals surface area contributed by atoms with Crippen molar-refractivity contribution in [2.45, 2.75) is 46.0 Å². The highest BCUT2D eigenvalue weighted by Crippen LogP contribution is 2.08. The van der Waals surface area contributed by atoms with Gasteiger partial charge in [0.15, 0.2) is 5.89 Å². The van der Waals surface area contributed by atoms with Crippen molar-refractivity contribution in [3.8, 4) is 0 Å². The van der Waals surface area contributed by atoms with Crippen molar-refractivity contribution in [2.24, 2.45) is 0 Å². The van der Waals surface area contributed by atoms with Crippen molar-refractivity contribution in [3.63, 3.8) is 0 Å². The van der Waals surface area contributed by atoms with Gasteiger partial charge in [0.1, 0.15) is 5.76 Å². The molecule has 1 aromatic heterocycles. The third-order valence-corrected chi connectivity index (χ3v) is 2.69. The summed E-state index contributed by atoms with van der Waals surface area (Å²) in [6, 6.07) is 0. The monoisotopic (exact) mass is 254 g/mol. The van der Waals surface area contributed by atoms with E-state index in [1.165, 1.54) is 6.42 Å². The van der Waals surface area contributed by atoms with Gasteiger partial charge in [0.2, 0.25) is 0 Å². The maximum absolute atomic E-state index is 5.68. The molecule has 0 radical (unpaired) electrons. The van der Waals surface area contributed by atoms with Gasteiger partial charge in [-0.15, -0.1) is 0 Å². The van der Waals surface area contributed by atoms with Crippen LogP contribution in [-0.4, -0.2) is 31.3 Å². The zero-order valence-corrected chi connectivity index (χ0v) is 11.7. The van der Waals surface area contributed by atoms with Crippen molar-refractivity contribution < 1.29 is 9.15 Å². The molecule has 4 nitrogen and oxygen atoms in total. The molecule has 0 spiro atoms. The van der Waals surface area contributed by atoms with Crippen LogP contribution in [0.4, 0.5) is 0 Å². The first-order chi connectivity index (χ1) is 8.86. The molecule has 0 aliphatic carbocycles. The molecule has 104 valence electrons. The summed E-state index contributed by atoms with van der Waals surface area (Å²) >= 11 is 0. The molecule has 0 aliphatic heterocycles. The van der Waals surface area contributed by atoms with E-state index in [4.69, 9.17) is 9.15 Å². The fourth-order valence-corrected chi connectivity index (χ4v) is 1.74. The summed E-state index contributed by atoms with van der Waals surface area (Å²) in [4.78, 5) is 4.30. The minimum atomic E-state index is 0.784.